The minimum Gasteiger partial charge on any atom is -0.488 e. The van der Waals surface area contributed by atoms with Crippen LogP contribution in [0.3, 0.4) is 0 Å². The lowest BCUT2D eigenvalue weighted by molar-refractivity contribution is -0.118. The number of para-hydroxylation sites is 1. The fourth-order valence-corrected chi connectivity index (χ4v) is 2.38. The largest absolute Gasteiger partial charge is 0.488 e. The third-order valence-electron chi connectivity index (χ3n) is 2.93. The zero-order valence-corrected chi connectivity index (χ0v) is 9.69. The molecule has 0 bridgehead atoms. The Morgan fingerprint density at radius 1 is 1.50 bits per heavy atom. The van der Waals surface area contributed by atoms with Crippen LogP contribution in [0.15, 0.2) is 24.3 Å². The Labute approximate surface area is 95.6 Å². The first kappa shape index (κ1) is 11.0. The Morgan fingerprint density at radius 2 is 2.19 bits per heavy atom. The summed E-state index contributed by atoms with van der Waals surface area (Å²) in [7, 11) is 0. The second kappa shape index (κ2) is 3.81. The van der Waals surface area contributed by atoms with Crippen LogP contribution in [0.1, 0.15) is 38.2 Å². The standard InChI is InChI=1S/C13H17NO2/c1-13(2)8-9(7-12(14)15)10-5-3-4-6-11(10)16-13/h3-6,9H,7-8H2,1-2H3,(H2,14,15). The Hall–Kier alpha value is -1.51. The Bertz CT molecular complexity index is 412. The smallest absolute Gasteiger partial charge is 0.218 e. The highest BCUT2D eigenvalue weighted by Gasteiger charge is 2.33. The summed E-state index contributed by atoms with van der Waals surface area (Å²) in [5, 5.41) is 0. The number of amides is 1. The molecule has 1 aliphatic rings. The number of primary amides is 1. The van der Waals surface area contributed by atoms with Crippen molar-refractivity contribution < 1.29 is 9.53 Å². The highest BCUT2D eigenvalue weighted by atomic mass is 16.5. The van der Waals surface area contributed by atoms with Crippen molar-refractivity contribution in [3.05, 3.63) is 29.8 Å². The molecule has 0 aromatic heterocycles. The lowest BCUT2D eigenvalue weighted by atomic mass is 9.82. The molecule has 86 valence electrons. The van der Waals surface area contributed by atoms with Gasteiger partial charge in [0.15, 0.2) is 0 Å². The SMILES string of the molecule is CC1(C)CC(CC(N)=O)c2ccccc2O1. The van der Waals surface area contributed by atoms with E-state index in [-0.39, 0.29) is 17.4 Å². The number of benzene rings is 1. The molecule has 1 aromatic rings. The molecule has 1 atom stereocenters. The molecule has 1 heterocycles. The number of hydrogen-bond donors (Lipinski definition) is 1. The summed E-state index contributed by atoms with van der Waals surface area (Å²) in [6, 6.07) is 7.87. The van der Waals surface area contributed by atoms with Crippen molar-refractivity contribution in [3.63, 3.8) is 0 Å². The second-order valence-corrected chi connectivity index (χ2v) is 4.97. The Kier molecular flexibility index (Phi) is 2.62. The molecular weight excluding hydrogens is 202 g/mol. The van der Waals surface area contributed by atoms with Gasteiger partial charge in [-0.05, 0) is 31.9 Å². The number of nitrogens with two attached hydrogens (primary N) is 1. The van der Waals surface area contributed by atoms with E-state index in [1.807, 2.05) is 38.1 Å². The predicted molar refractivity (Wildman–Crippen MR) is 62.3 cm³/mol. The molecule has 0 saturated carbocycles. The Balaban J connectivity index is 2.35. The number of hydrogen-bond acceptors (Lipinski definition) is 2. The molecule has 1 aromatic carbocycles. The molecule has 2 N–H and O–H groups in total. The van der Waals surface area contributed by atoms with Gasteiger partial charge in [-0.25, -0.2) is 0 Å². The van der Waals surface area contributed by atoms with Gasteiger partial charge in [0.2, 0.25) is 5.91 Å². The summed E-state index contributed by atoms with van der Waals surface area (Å²) < 4.78 is 5.88. The molecule has 0 aliphatic carbocycles. The van der Waals surface area contributed by atoms with Crippen LogP contribution >= 0.6 is 0 Å². The number of carbonyl (C=O) groups is 1. The van der Waals surface area contributed by atoms with Gasteiger partial charge < -0.3 is 10.5 Å². The van der Waals surface area contributed by atoms with E-state index in [1.165, 1.54) is 0 Å². The van der Waals surface area contributed by atoms with Crippen molar-refractivity contribution in [1.82, 2.24) is 0 Å². The quantitative estimate of drug-likeness (QED) is 0.829. The first-order chi connectivity index (χ1) is 7.48. The first-order valence-electron chi connectivity index (χ1n) is 5.54. The fraction of sp³-hybridized carbons (Fsp3) is 0.462. The number of rotatable bonds is 2. The lowest BCUT2D eigenvalue weighted by Crippen LogP contribution is -2.36. The summed E-state index contributed by atoms with van der Waals surface area (Å²) in [4.78, 5) is 11.1. The zero-order chi connectivity index (χ0) is 11.8. The van der Waals surface area contributed by atoms with E-state index < -0.39 is 0 Å². The lowest BCUT2D eigenvalue weighted by Gasteiger charge is -2.37. The summed E-state index contributed by atoms with van der Waals surface area (Å²) in [5.41, 5.74) is 6.16. The van der Waals surface area contributed by atoms with Crippen LogP contribution in [0, 0.1) is 0 Å². The summed E-state index contributed by atoms with van der Waals surface area (Å²) in [6.07, 6.45) is 1.22. The maximum Gasteiger partial charge on any atom is 0.218 e. The predicted octanol–water partition coefficient (Wildman–Crippen LogP) is 2.21. The molecule has 0 saturated heterocycles. The zero-order valence-electron chi connectivity index (χ0n) is 9.69. The van der Waals surface area contributed by atoms with E-state index >= 15 is 0 Å². The second-order valence-electron chi connectivity index (χ2n) is 4.97. The van der Waals surface area contributed by atoms with E-state index in [0.29, 0.717) is 6.42 Å². The van der Waals surface area contributed by atoms with Gasteiger partial charge in [0, 0.05) is 12.3 Å². The number of ether oxygens (including phenoxy) is 1. The minimum absolute atomic E-state index is 0.178. The van der Waals surface area contributed by atoms with Gasteiger partial charge in [0.05, 0.1) is 0 Å². The van der Waals surface area contributed by atoms with Crippen molar-refractivity contribution in [2.45, 2.75) is 38.2 Å². The van der Waals surface area contributed by atoms with E-state index in [2.05, 4.69) is 0 Å². The molecule has 0 fully saturated rings. The van der Waals surface area contributed by atoms with Crippen molar-refractivity contribution in [2.75, 3.05) is 0 Å². The first-order valence-corrected chi connectivity index (χ1v) is 5.54. The van der Waals surface area contributed by atoms with Crippen molar-refractivity contribution in [1.29, 1.82) is 0 Å². The fourth-order valence-electron chi connectivity index (χ4n) is 2.38. The van der Waals surface area contributed by atoms with Gasteiger partial charge in [-0.2, -0.15) is 0 Å². The van der Waals surface area contributed by atoms with Crippen LogP contribution in [0.2, 0.25) is 0 Å². The highest BCUT2D eigenvalue weighted by Crippen LogP contribution is 2.41. The average molecular weight is 219 g/mol. The third kappa shape index (κ3) is 2.18. The molecule has 1 amide bonds. The van der Waals surface area contributed by atoms with Gasteiger partial charge in [0.25, 0.3) is 0 Å². The van der Waals surface area contributed by atoms with Crippen LogP contribution < -0.4 is 10.5 Å². The maximum atomic E-state index is 11.1. The van der Waals surface area contributed by atoms with Gasteiger partial charge in [-0.1, -0.05) is 18.2 Å². The summed E-state index contributed by atoms with van der Waals surface area (Å²) in [5.74, 6) is 0.806. The summed E-state index contributed by atoms with van der Waals surface area (Å²) in [6.45, 7) is 4.08. The molecule has 3 heteroatoms. The van der Waals surface area contributed by atoms with Crippen LogP contribution in [0.25, 0.3) is 0 Å². The van der Waals surface area contributed by atoms with E-state index in [1.54, 1.807) is 0 Å². The molecule has 16 heavy (non-hydrogen) atoms. The molecule has 0 spiro atoms. The van der Waals surface area contributed by atoms with Gasteiger partial charge >= 0.3 is 0 Å². The maximum absolute atomic E-state index is 11.1. The van der Waals surface area contributed by atoms with Crippen LogP contribution in [0.4, 0.5) is 0 Å². The van der Waals surface area contributed by atoms with Crippen molar-refractivity contribution in [3.8, 4) is 5.75 Å². The number of fused-ring (bicyclic) bond motifs is 1. The highest BCUT2D eigenvalue weighted by molar-refractivity contribution is 5.75. The molecule has 3 nitrogen and oxygen atoms in total. The normalized spacial score (nSPS) is 22.0. The molecule has 1 unspecified atom stereocenters. The van der Waals surface area contributed by atoms with Crippen LogP contribution in [0.5, 0.6) is 5.75 Å². The van der Waals surface area contributed by atoms with Gasteiger partial charge in [-0.15, -0.1) is 0 Å². The van der Waals surface area contributed by atoms with E-state index in [0.717, 1.165) is 17.7 Å². The van der Waals surface area contributed by atoms with E-state index in [4.69, 9.17) is 10.5 Å². The topological polar surface area (TPSA) is 52.3 Å². The molecule has 2 rings (SSSR count). The van der Waals surface area contributed by atoms with Crippen LogP contribution in [-0.2, 0) is 4.79 Å². The molecule has 1 aliphatic heterocycles. The average Bonchev–Trinajstić information content (AvgIpc) is 2.14. The van der Waals surface area contributed by atoms with Crippen molar-refractivity contribution in [2.24, 2.45) is 5.73 Å². The van der Waals surface area contributed by atoms with Gasteiger partial charge in [0.1, 0.15) is 11.4 Å². The minimum atomic E-state index is -0.252. The van der Waals surface area contributed by atoms with Gasteiger partial charge in [-0.3, -0.25) is 4.79 Å². The van der Waals surface area contributed by atoms with Crippen LogP contribution in [-0.4, -0.2) is 11.5 Å². The van der Waals surface area contributed by atoms with Crippen molar-refractivity contribution >= 4 is 5.91 Å². The summed E-state index contributed by atoms with van der Waals surface area (Å²) >= 11 is 0. The molecule has 0 radical (unpaired) electrons. The Morgan fingerprint density at radius 3 is 2.88 bits per heavy atom. The molecular formula is C13H17NO2. The van der Waals surface area contributed by atoms with E-state index in [9.17, 15) is 4.79 Å². The third-order valence-corrected chi connectivity index (χ3v) is 2.93. The monoisotopic (exact) mass is 219 g/mol. The number of carbonyl (C=O) groups excluding carboxylic acids is 1.